The van der Waals surface area contributed by atoms with Gasteiger partial charge in [0.15, 0.2) is 0 Å². The second-order valence-corrected chi connectivity index (χ2v) is 8.85. The fourth-order valence-electron chi connectivity index (χ4n) is 4.19. The number of hydrogen-bond acceptors (Lipinski definition) is 3. The van der Waals surface area contributed by atoms with E-state index in [-0.39, 0.29) is 11.6 Å². The van der Waals surface area contributed by atoms with Crippen molar-refractivity contribution in [1.82, 2.24) is 0 Å². The smallest absolute Gasteiger partial charge is 0.134 e. The van der Waals surface area contributed by atoms with Gasteiger partial charge in [0, 0.05) is 17.2 Å². The summed E-state index contributed by atoms with van der Waals surface area (Å²) >= 11 is 0. The minimum absolute atomic E-state index is 0.256. The van der Waals surface area contributed by atoms with Crippen molar-refractivity contribution in [3.05, 3.63) is 113 Å². The second kappa shape index (κ2) is 12.5. The maximum absolute atomic E-state index is 14.6. The van der Waals surface area contributed by atoms with Crippen LogP contribution in [0.3, 0.4) is 0 Å². The zero-order valence-corrected chi connectivity index (χ0v) is 20.4. The SMILES string of the molecule is N#Cc1ccc(-c2ccc(CCCCCCOc3ccc(-c4ccc(C#N)cc4)c(F)c3)cc2F)cc1. The number of ether oxygens (including phenoxy) is 1. The third-order valence-electron chi connectivity index (χ3n) is 6.25. The zero-order chi connectivity index (χ0) is 26.0. The topological polar surface area (TPSA) is 56.8 Å². The summed E-state index contributed by atoms with van der Waals surface area (Å²) in [7, 11) is 0. The molecule has 0 atom stereocenters. The molecule has 3 nitrogen and oxygen atoms in total. The van der Waals surface area contributed by atoms with Crippen LogP contribution in [0.5, 0.6) is 5.75 Å². The van der Waals surface area contributed by atoms with Crippen LogP contribution < -0.4 is 4.74 Å². The van der Waals surface area contributed by atoms with E-state index >= 15 is 0 Å². The van der Waals surface area contributed by atoms with Crippen LogP contribution in [0.1, 0.15) is 42.4 Å². The average Bonchev–Trinajstić information content (AvgIpc) is 2.93. The Balaban J connectivity index is 1.18. The Bertz CT molecular complexity index is 1320. The molecule has 4 aromatic carbocycles. The number of benzene rings is 4. The molecule has 0 aliphatic heterocycles. The lowest BCUT2D eigenvalue weighted by atomic mass is 9.99. The molecule has 0 aliphatic carbocycles. The molecule has 0 unspecified atom stereocenters. The Morgan fingerprint density at radius 1 is 0.595 bits per heavy atom. The highest BCUT2D eigenvalue weighted by atomic mass is 19.1. The second-order valence-electron chi connectivity index (χ2n) is 8.85. The van der Waals surface area contributed by atoms with Crippen molar-refractivity contribution in [3.8, 4) is 40.1 Å². The van der Waals surface area contributed by atoms with Crippen LogP contribution in [-0.2, 0) is 6.42 Å². The first-order valence-corrected chi connectivity index (χ1v) is 12.3. The lowest BCUT2D eigenvalue weighted by molar-refractivity contribution is 0.303. The summed E-state index contributed by atoms with van der Waals surface area (Å²) in [6, 6.07) is 28.0. The Hall–Kier alpha value is -4.48. The molecule has 0 spiro atoms. The number of halogens is 2. The number of unbranched alkanes of at least 4 members (excludes halogenated alkanes) is 3. The van der Waals surface area contributed by atoms with Crippen LogP contribution >= 0.6 is 0 Å². The number of nitriles is 2. The lowest BCUT2D eigenvalue weighted by Gasteiger charge is -2.09. The quantitative estimate of drug-likeness (QED) is 0.210. The van der Waals surface area contributed by atoms with Crippen molar-refractivity contribution in [2.45, 2.75) is 32.1 Å². The monoisotopic (exact) mass is 492 g/mol. The van der Waals surface area contributed by atoms with Gasteiger partial charge in [-0.25, -0.2) is 8.78 Å². The minimum Gasteiger partial charge on any atom is -0.493 e. The van der Waals surface area contributed by atoms with E-state index < -0.39 is 0 Å². The fraction of sp³-hybridized carbons (Fsp3) is 0.188. The highest BCUT2D eigenvalue weighted by molar-refractivity contribution is 5.66. The molecule has 4 aromatic rings. The van der Waals surface area contributed by atoms with E-state index in [9.17, 15) is 8.78 Å². The van der Waals surface area contributed by atoms with Crippen molar-refractivity contribution in [2.24, 2.45) is 0 Å². The van der Waals surface area contributed by atoms with Gasteiger partial charge in [-0.3, -0.25) is 0 Å². The van der Waals surface area contributed by atoms with Gasteiger partial charge in [0.25, 0.3) is 0 Å². The molecule has 0 heterocycles. The third-order valence-corrected chi connectivity index (χ3v) is 6.25. The third kappa shape index (κ3) is 6.81. The lowest BCUT2D eigenvalue weighted by Crippen LogP contribution is -1.98. The minimum atomic E-state index is -0.361. The van der Waals surface area contributed by atoms with E-state index in [1.165, 1.54) is 6.07 Å². The van der Waals surface area contributed by atoms with E-state index in [0.29, 0.717) is 40.2 Å². The van der Waals surface area contributed by atoms with Crippen LogP contribution in [0.15, 0.2) is 84.9 Å². The number of rotatable bonds is 10. The van der Waals surface area contributed by atoms with Crippen LogP contribution in [0, 0.1) is 34.3 Å². The normalized spacial score (nSPS) is 10.5. The molecule has 0 radical (unpaired) electrons. The predicted molar refractivity (Wildman–Crippen MR) is 141 cm³/mol. The van der Waals surface area contributed by atoms with Crippen LogP contribution in [0.2, 0.25) is 0 Å². The van der Waals surface area contributed by atoms with E-state index in [4.69, 9.17) is 15.3 Å². The number of nitrogens with zero attached hydrogens (tertiary/aromatic N) is 2. The molecule has 0 aliphatic rings. The molecule has 0 N–H and O–H groups in total. The highest BCUT2D eigenvalue weighted by Crippen LogP contribution is 2.27. The van der Waals surface area contributed by atoms with E-state index in [1.807, 2.05) is 6.07 Å². The molecule has 0 fully saturated rings. The molecular weight excluding hydrogens is 466 g/mol. The molecular formula is C32H26F2N2O. The maximum Gasteiger partial charge on any atom is 0.134 e. The number of aryl methyl sites for hydroxylation is 1. The molecule has 0 saturated heterocycles. The van der Waals surface area contributed by atoms with Crippen LogP contribution in [0.4, 0.5) is 8.78 Å². The van der Waals surface area contributed by atoms with Gasteiger partial charge in [-0.15, -0.1) is 0 Å². The fourth-order valence-corrected chi connectivity index (χ4v) is 4.19. The van der Waals surface area contributed by atoms with Crippen LogP contribution in [-0.4, -0.2) is 6.61 Å². The Kier molecular flexibility index (Phi) is 8.63. The highest BCUT2D eigenvalue weighted by Gasteiger charge is 2.08. The summed E-state index contributed by atoms with van der Waals surface area (Å²) < 4.78 is 34.9. The summed E-state index contributed by atoms with van der Waals surface area (Å²) in [5.74, 6) is -0.125. The predicted octanol–water partition coefficient (Wildman–Crippen LogP) is 8.22. The molecule has 0 bridgehead atoms. The Morgan fingerprint density at radius 3 is 1.68 bits per heavy atom. The van der Waals surface area contributed by atoms with Gasteiger partial charge in [0.1, 0.15) is 17.4 Å². The Morgan fingerprint density at radius 2 is 1.14 bits per heavy atom. The molecule has 37 heavy (non-hydrogen) atoms. The molecule has 5 heteroatoms. The zero-order valence-electron chi connectivity index (χ0n) is 20.4. The van der Waals surface area contributed by atoms with Gasteiger partial charge >= 0.3 is 0 Å². The summed E-state index contributed by atoms with van der Waals surface area (Å²) in [5, 5.41) is 17.8. The average molecular weight is 493 g/mol. The molecule has 0 aromatic heterocycles. The van der Waals surface area contributed by atoms with Crippen molar-refractivity contribution < 1.29 is 13.5 Å². The number of hydrogen-bond donors (Lipinski definition) is 0. The van der Waals surface area contributed by atoms with Crippen LogP contribution in [0.25, 0.3) is 22.3 Å². The largest absolute Gasteiger partial charge is 0.493 e. The van der Waals surface area contributed by atoms with Crippen molar-refractivity contribution >= 4 is 0 Å². The first kappa shape index (κ1) is 25.6. The molecule has 4 rings (SSSR count). The van der Waals surface area contributed by atoms with Crippen molar-refractivity contribution in [3.63, 3.8) is 0 Å². The molecule has 184 valence electrons. The van der Waals surface area contributed by atoms with Crippen molar-refractivity contribution in [1.29, 1.82) is 10.5 Å². The summed E-state index contributed by atoms with van der Waals surface area (Å²) in [5.41, 5.74) is 4.53. The summed E-state index contributed by atoms with van der Waals surface area (Å²) in [6.45, 7) is 0.504. The standard InChI is InChI=1S/C32H26F2N2O/c33-31-19-23(10-16-29(31)26-11-6-24(21-35)7-12-26)5-3-1-2-4-18-37-28-15-17-30(32(34)20-28)27-13-8-25(22-36)9-14-27/h6-17,19-20H,1-5,18H2. The first-order chi connectivity index (χ1) is 18.1. The van der Waals surface area contributed by atoms with Gasteiger partial charge < -0.3 is 4.74 Å². The first-order valence-electron chi connectivity index (χ1n) is 12.3. The van der Waals surface area contributed by atoms with Gasteiger partial charge in [-0.2, -0.15) is 10.5 Å². The van der Waals surface area contributed by atoms with E-state index in [1.54, 1.807) is 72.8 Å². The van der Waals surface area contributed by atoms with Gasteiger partial charge in [-0.05, 0) is 78.4 Å². The van der Waals surface area contributed by atoms with Gasteiger partial charge in [0.05, 0.1) is 29.9 Å². The van der Waals surface area contributed by atoms with E-state index in [0.717, 1.165) is 43.2 Å². The molecule has 0 amide bonds. The molecule has 0 saturated carbocycles. The van der Waals surface area contributed by atoms with Gasteiger partial charge in [-0.1, -0.05) is 49.2 Å². The van der Waals surface area contributed by atoms with Gasteiger partial charge in [0.2, 0.25) is 0 Å². The van der Waals surface area contributed by atoms with Crippen molar-refractivity contribution in [2.75, 3.05) is 6.61 Å². The maximum atomic E-state index is 14.6. The summed E-state index contributed by atoms with van der Waals surface area (Å²) in [6.07, 6.45) is 4.56. The van der Waals surface area contributed by atoms with E-state index in [2.05, 4.69) is 12.1 Å². The Labute approximate surface area is 216 Å². The summed E-state index contributed by atoms with van der Waals surface area (Å²) in [4.78, 5) is 0.